The highest BCUT2D eigenvalue weighted by atomic mass is 16.2. The second kappa shape index (κ2) is 6.99. The molecule has 18 heavy (non-hydrogen) atoms. The van der Waals surface area contributed by atoms with Crippen LogP contribution in [-0.4, -0.2) is 19.1 Å². The number of nitrogens with one attached hydrogen (secondary N) is 1. The fraction of sp³-hybridized carbons (Fsp3) is 0.429. The molecule has 1 aliphatic heterocycles. The molecule has 1 aromatic carbocycles. The number of carbonyl (C=O) groups is 2. The fourth-order valence-electron chi connectivity index (χ4n) is 1.97. The van der Waals surface area contributed by atoms with Crippen LogP contribution < -0.4 is 10.8 Å². The van der Waals surface area contributed by atoms with Gasteiger partial charge in [-0.25, -0.2) is 0 Å². The highest BCUT2D eigenvalue weighted by molar-refractivity contribution is 6.51. The second-order valence-corrected chi connectivity index (χ2v) is 3.96. The summed E-state index contributed by atoms with van der Waals surface area (Å²) in [5, 5.41) is 2.38. The minimum Gasteiger partial charge on any atom is -0.296 e. The first kappa shape index (κ1) is 14.5. The third kappa shape index (κ3) is 3.46. The summed E-state index contributed by atoms with van der Waals surface area (Å²) in [6.45, 7) is 5.96. The van der Waals surface area contributed by atoms with Crippen LogP contribution in [0, 0.1) is 0 Å². The first-order chi connectivity index (χ1) is 8.70. The lowest BCUT2D eigenvalue weighted by molar-refractivity contribution is -0.134. The summed E-state index contributed by atoms with van der Waals surface area (Å²) in [5.74, 6) is -0.526. The zero-order valence-electron chi connectivity index (χ0n) is 11.2. The van der Waals surface area contributed by atoms with Gasteiger partial charge in [0.2, 0.25) is 11.8 Å². The molecule has 1 saturated heterocycles. The highest BCUT2D eigenvalue weighted by Crippen LogP contribution is 2.23. The van der Waals surface area contributed by atoms with E-state index in [1.807, 2.05) is 52.2 Å². The number of benzene rings is 1. The molecule has 3 nitrogen and oxygen atoms in total. The van der Waals surface area contributed by atoms with Crippen LogP contribution in [0.5, 0.6) is 0 Å². The molecule has 1 aromatic rings. The molecular weight excluding hydrogens is 225 g/mol. The average Bonchev–Trinajstić information content (AvgIpc) is 2.41. The van der Waals surface area contributed by atoms with Gasteiger partial charge in [0, 0.05) is 6.42 Å². The van der Waals surface area contributed by atoms with Crippen molar-refractivity contribution in [2.45, 2.75) is 39.4 Å². The molecule has 4 heteroatoms. The topological polar surface area (TPSA) is 46.2 Å². The molecule has 1 fully saturated rings. The van der Waals surface area contributed by atoms with Crippen molar-refractivity contribution in [2.24, 2.45) is 0 Å². The molecule has 1 N–H and O–H groups in total. The van der Waals surface area contributed by atoms with Crippen LogP contribution in [-0.2, 0) is 9.59 Å². The van der Waals surface area contributed by atoms with Crippen molar-refractivity contribution in [3.8, 4) is 0 Å². The molecule has 1 aliphatic rings. The Bertz CT molecular complexity index is 432. The predicted molar refractivity (Wildman–Crippen MR) is 74.2 cm³/mol. The molecule has 0 aliphatic carbocycles. The average molecular weight is 244 g/mol. The largest absolute Gasteiger partial charge is 0.296 e. The Kier molecular flexibility index (Phi) is 5.63. The third-order valence-corrected chi connectivity index (χ3v) is 2.89. The Hall–Kier alpha value is -1.58. The van der Waals surface area contributed by atoms with E-state index in [0.29, 0.717) is 12.8 Å². The summed E-state index contributed by atoms with van der Waals surface area (Å²) < 4.78 is 0. The molecule has 0 bridgehead atoms. The normalized spacial score (nSPS) is 18.5. The predicted octanol–water partition coefficient (Wildman–Crippen LogP) is 1.61. The van der Waals surface area contributed by atoms with Crippen LogP contribution in [0.15, 0.2) is 24.3 Å². The molecule has 2 amide bonds. The Morgan fingerprint density at radius 2 is 2.00 bits per heavy atom. The van der Waals surface area contributed by atoms with Gasteiger partial charge in [-0.3, -0.25) is 14.9 Å². The lowest BCUT2D eigenvalue weighted by atomic mass is 9.72. The van der Waals surface area contributed by atoms with E-state index >= 15 is 0 Å². The van der Waals surface area contributed by atoms with Gasteiger partial charge in [0.25, 0.3) is 0 Å². The molecule has 0 saturated carbocycles. The van der Waals surface area contributed by atoms with Gasteiger partial charge in [-0.15, -0.1) is 0 Å². The minimum atomic E-state index is -0.183. The SMILES string of the molecule is CC.C[B]c1cccc(C2CCC(=O)NC2=O)c1. The number of piperidine rings is 1. The Morgan fingerprint density at radius 1 is 1.28 bits per heavy atom. The number of hydrogen-bond acceptors (Lipinski definition) is 2. The lowest BCUT2D eigenvalue weighted by Crippen LogP contribution is -2.39. The summed E-state index contributed by atoms with van der Waals surface area (Å²) in [6, 6.07) is 7.87. The van der Waals surface area contributed by atoms with E-state index in [0.717, 1.165) is 11.0 Å². The van der Waals surface area contributed by atoms with Crippen LogP contribution in [0.2, 0.25) is 6.82 Å². The van der Waals surface area contributed by atoms with E-state index in [-0.39, 0.29) is 17.7 Å². The maximum absolute atomic E-state index is 11.7. The standard InChI is InChI=1S/C12H13BNO2.C2H6/c1-13-9-4-2-3-8(7-9)10-5-6-11(15)14-12(10)16;1-2/h2-4,7,10H,5-6H2,1H3,(H,14,15,16);1-2H3. The van der Waals surface area contributed by atoms with Gasteiger partial charge in [0.05, 0.1) is 5.92 Å². The maximum atomic E-state index is 11.7. The van der Waals surface area contributed by atoms with Crippen molar-refractivity contribution in [3.05, 3.63) is 29.8 Å². The third-order valence-electron chi connectivity index (χ3n) is 2.89. The van der Waals surface area contributed by atoms with Crippen molar-refractivity contribution in [2.75, 3.05) is 0 Å². The van der Waals surface area contributed by atoms with Crippen LogP contribution in [0.4, 0.5) is 0 Å². The summed E-state index contributed by atoms with van der Waals surface area (Å²) in [4.78, 5) is 22.7. The number of rotatable bonds is 2. The summed E-state index contributed by atoms with van der Waals surface area (Å²) >= 11 is 0. The zero-order chi connectivity index (χ0) is 13.5. The Balaban J connectivity index is 0.000000771. The minimum absolute atomic E-state index is 0.167. The first-order valence-electron chi connectivity index (χ1n) is 6.43. The van der Waals surface area contributed by atoms with E-state index in [4.69, 9.17) is 0 Å². The maximum Gasteiger partial charge on any atom is 0.234 e. The second-order valence-electron chi connectivity index (χ2n) is 3.96. The Labute approximate surface area is 109 Å². The molecule has 2 rings (SSSR count). The molecular formula is C14H19BNO2. The number of imide groups is 1. The Morgan fingerprint density at radius 3 is 2.61 bits per heavy atom. The molecule has 1 atom stereocenters. The zero-order valence-corrected chi connectivity index (χ0v) is 11.2. The van der Waals surface area contributed by atoms with Crippen molar-refractivity contribution < 1.29 is 9.59 Å². The van der Waals surface area contributed by atoms with E-state index in [2.05, 4.69) is 5.32 Å². The highest BCUT2D eigenvalue weighted by Gasteiger charge is 2.27. The van der Waals surface area contributed by atoms with Crippen molar-refractivity contribution in [1.82, 2.24) is 5.32 Å². The van der Waals surface area contributed by atoms with Crippen molar-refractivity contribution in [1.29, 1.82) is 0 Å². The number of carbonyl (C=O) groups excluding carboxylic acids is 2. The summed E-state index contributed by atoms with van der Waals surface area (Å²) in [5.41, 5.74) is 2.09. The van der Waals surface area contributed by atoms with Crippen molar-refractivity contribution in [3.63, 3.8) is 0 Å². The smallest absolute Gasteiger partial charge is 0.234 e. The van der Waals surface area contributed by atoms with E-state index in [1.54, 1.807) is 0 Å². The number of amides is 2. The monoisotopic (exact) mass is 244 g/mol. The number of hydrogen-bond donors (Lipinski definition) is 1. The van der Waals surface area contributed by atoms with Gasteiger partial charge in [-0.05, 0) is 12.0 Å². The van der Waals surface area contributed by atoms with Gasteiger partial charge >= 0.3 is 0 Å². The fourth-order valence-corrected chi connectivity index (χ4v) is 1.97. The quantitative estimate of drug-likeness (QED) is 0.634. The van der Waals surface area contributed by atoms with Crippen LogP contribution in [0.3, 0.4) is 0 Å². The van der Waals surface area contributed by atoms with Gasteiger partial charge in [0.15, 0.2) is 0 Å². The molecule has 1 unspecified atom stereocenters. The van der Waals surface area contributed by atoms with E-state index < -0.39 is 0 Å². The molecule has 1 heterocycles. The van der Waals surface area contributed by atoms with E-state index in [1.165, 1.54) is 0 Å². The van der Waals surface area contributed by atoms with Gasteiger partial charge < -0.3 is 0 Å². The van der Waals surface area contributed by atoms with E-state index in [9.17, 15) is 9.59 Å². The van der Waals surface area contributed by atoms with Gasteiger partial charge in [-0.1, -0.05) is 50.4 Å². The van der Waals surface area contributed by atoms with Crippen molar-refractivity contribution >= 4 is 24.6 Å². The molecule has 0 spiro atoms. The van der Waals surface area contributed by atoms with Crippen LogP contribution in [0.1, 0.15) is 38.2 Å². The first-order valence-corrected chi connectivity index (χ1v) is 6.43. The van der Waals surface area contributed by atoms with Gasteiger partial charge in [-0.2, -0.15) is 0 Å². The molecule has 95 valence electrons. The molecule has 1 radical (unpaired) electrons. The van der Waals surface area contributed by atoms with Gasteiger partial charge in [0.1, 0.15) is 7.28 Å². The summed E-state index contributed by atoms with van der Waals surface area (Å²) in [7, 11) is 2.00. The molecule has 0 aromatic heterocycles. The van der Waals surface area contributed by atoms with Crippen LogP contribution >= 0.6 is 0 Å². The summed E-state index contributed by atoms with van der Waals surface area (Å²) in [6.07, 6.45) is 1.04. The lowest BCUT2D eigenvalue weighted by Gasteiger charge is -2.21. The van der Waals surface area contributed by atoms with Crippen LogP contribution in [0.25, 0.3) is 0 Å².